The molecule has 2 aliphatic rings. The molecular formula is C21H28N4O2. The number of piperidine rings is 1. The van der Waals surface area contributed by atoms with Crippen LogP contribution in [-0.4, -0.2) is 40.1 Å². The molecule has 4 rings (SSSR count). The number of aromatic nitrogens is 2. The molecule has 1 aliphatic heterocycles. The average Bonchev–Trinajstić information content (AvgIpc) is 3.18. The van der Waals surface area contributed by atoms with Crippen molar-refractivity contribution in [3.05, 3.63) is 36.2 Å². The predicted octanol–water partition coefficient (Wildman–Crippen LogP) is 3.40. The lowest BCUT2D eigenvalue weighted by Gasteiger charge is -2.32. The Balaban J connectivity index is 1.25. The van der Waals surface area contributed by atoms with Crippen LogP contribution in [0.15, 0.2) is 34.9 Å². The Bertz CT molecular complexity index is 732. The molecule has 6 heteroatoms. The van der Waals surface area contributed by atoms with Crippen molar-refractivity contribution < 1.29 is 9.32 Å². The Morgan fingerprint density at radius 3 is 2.56 bits per heavy atom. The Hall–Kier alpha value is -2.21. The highest BCUT2D eigenvalue weighted by molar-refractivity contribution is 5.79. The molecule has 1 saturated carbocycles. The lowest BCUT2D eigenvalue weighted by Crippen LogP contribution is -2.44. The predicted molar refractivity (Wildman–Crippen MR) is 103 cm³/mol. The maximum absolute atomic E-state index is 12.5. The van der Waals surface area contributed by atoms with Gasteiger partial charge in [0.05, 0.1) is 6.54 Å². The van der Waals surface area contributed by atoms with Gasteiger partial charge >= 0.3 is 0 Å². The molecule has 1 aromatic carbocycles. The van der Waals surface area contributed by atoms with Gasteiger partial charge in [-0.3, -0.25) is 9.69 Å². The highest BCUT2D eigenvalue weighted by Gasteiger charge is 2.27. The van der Waals surface area contributed by atoms with Crippen molar-refractivity contribution in [2.24, 2.45) is 5.92 Å². The highest BCUT2D eigenvalue weighted by atomic mass is 16.5. The standard InChI is InChI=1S/C21H28N4O2/c26-21(22-18-9-5-2-6-10-18)17-11-13-25(14-12-17)15-19-23-20(24-27-19)16-7-3-1-4-8-16/h1,3-4,7-8,17-18H,2,5-6,9-15H2,(H,22,26). The second-order valence-corrected chi connectivity index (χ2v) is 7.77. The number of likely N-dealkylation sites (tertiary alicyclic amines) is 1. The van der Waals surface area contributed by atoms with Crippen molar-refractivity contribution in [1.29, 1.82) is 0 Å². The van der Waals surface area contributed by atoms with E-state index in [0.29, 0.717) is 24.3 Å². The van der Waals surface area contributed by atoms with Crippen LogP contribution in [0.3, 0.4) is 0 Å². The zero-order valence-corrected chi connectivity index (χ0v) is 15.8. The van der Waals surface area contributed by atoms with E-state index in [2.05, 4.69) is 20.4 Å². The minimum Gasteiger partial charge on any atom is -0.353 e. The summed E-state index contributed by atoms with van der Waals surface area (Å²) in [5.74, 6) is 1.67. The van der Waals surface area contributed by atoms with Gasteiger partial charge in [-0.25, -0.2) is 0 Å². The number of amides is 1. The molecule has 1 amide bonds. The fourth-order valence-electron chi connectivity index (χ4n) is 4.13. The lowest BCUT2D eigenvalue weighted by atomic mass is 9.92. The number of rotatable bonds is 5. The summed E-state index contributed by atoms with van der Waals surface area (Å²) < 4.78 is 5.41. The van der Waals surface area contributed by atoms with E-state index in [9.17, 15) is 4.79 Å². The average molecular weight is 368 g/mol. The third-order valence-electron chi connectivity index (χ3n) is 5.77. The zero-order valence-electron chi connectivity index (χ0n) is 15.8. The van der Waals surface area contributed by atoms with E-state index in [0.717, 1.165) is 44.3 Å². The van der Waals surface area contributed by atoms with Crippen molar-refractivity contribution in [3.8, 4) is 11.4 Å². The van der Waals surface area contributed by atoms with Crippen LogP contribution in [0, 0.1) is 5.92 Å². The van der Waals surface area contributed by atoms with Crippen molar-refractivity contribution in [1.82, 2.24) is 20.4 Å². The van der Waals surface area contributed by atoms with E-state index in [4.69, 9.17) is 4.52 Å². The largest absolute Gasteiger partial charge is 0.353 e. The first-order chi connectivity index (χ1) is 13.3. The normalized spacial score (nSPS) is 19.9. The van der Waals surface area contributed by atoms with Crippen LogP contribution in [-0.2, 0) is 11.3 Å². The Morgan fingerprint density at radius 2 is 1.81 bits per heavy atom. The summed E-state index contributed by atoms with van der Waals surface area (Å²) in [6.45, 7) is 2.44. The second kappa shape index (κ2) is 8.65. The molecule has 144 valence electrons. The summed E-state index contributed by atoms with van der Waals surface area (Å²) >= 11 is 0. The summed E-state index contributed by atoms with van der Waals surface area (Å²) in [6.07, 6.45) is 7.90. The van der Waals surface area contributed by atoms with Gasteiger partial charge in [0.1, 0.15) is 0 Å². The van der Waals surface area contributed by atoms with Gasteiger partial charge in [-0.1, -0.05) is 54.8 Å². The van der Waals surface area contributed by atoms with Gasteiger partial charge in [-0.2, -0.15) is 4.98 Å². The van der Waals surface area contributed by atoms with Crippen LogP contribution in [0.5, 0.6) is 0 Å². The van der Waals surface area contributed by atoms with E-state index in [1.807, 2.05) is 30.3 Å². The molecule has 1 N–H and O–H groups in total. The first-order valence-electron chi connectivity index (χ1n) is 10.2. The van der Waals surface area contributed by atoms with Gasteiger partial charge in [-0.15, -0.1) is 0 Å². The van der Waals surface area contributed by atoms with E-state index in [1.54, 1.807) is 0 Å². The molecule has 2 aromatic rings. The molecule has 6 nitrogen and oxygen atoms in total. The second-order valence-electron chi connectivity index (χ2n) is 7.77. The third-order valence-corrected chi connectivity index (χ3v) is 5.77. The van der Waals surface area contributed by atoms with E-state index in [-0.39, 0.29) is 11.8 Å². The summed E-state index contributed by atoms with van der Waals surface area (Å²) in [6, 6.07) is 10.3. The molecular weight excluding hydrogens is 340 g/mol. The van der Waals surface area contributed by atoms with Crippen LogP contribution in [0.1, 0.15) is 50.8 Å². The number of nitrogens with zero attached hydrogens (tertiary/aromatic N) is 3. The number of hydrogen-bond acceptors (Lipinski definition) is 5. The SMILES string of the molecule is O=C(NC1CCCCC1)C1CCN(Cc2nc(-c3ccccc3)no2)CC1. The zero-order chi connectivity index (χ0) is 18.5. The molecule has 2 fully saturated rings. The van der Waals surface area contributed by atoms with Crippen molar-refractivity contribution in [2.45, 2.75) is 57.5 Å². The molecule has 0 atom stereocenters. The highest BCUT2D eigenvalue weighted by Crippen LogP contribution is 2.22. The van der Waals surface area contributed by atoms with Crippen LogP contribution in [0.4, 0.5) is 0 Å². The van der Waals surface area contributed by atoms with Gasteiger partial charge in [0, 0.05) is 17.5 Å². The number of benzene rings is 1. The summed E-state index contributed by atoms with van der Waals surface area (Å²) in [7, 11) is 0. The first kappa shape index (κ1) is 18.2. The molecule has 1 aliphatic carbocycles. The molecule has 1 saturated heterocycles. The number of carbonyl (C=O) groups excluding carboxylic acids is 1. The summed E-state index contributed by atoms with van der Waals surface area (Å²) in [5.41, 5.74) is 0.964. The van der Waals surface area contributed by atoms with Crippen molar-refractivity contribution >= 4 is 5.91 Å². The van der Waals surface area contributed by atoms with Gasteiger partial charge in [-0.05, 0) is 38.8 Å². The smallest absolute Gasteiger partial charge is 0.241 e. The monoisotopic (exact) mass is 368 g/mol. The van der Waals surface area contributed by atoms with E-state index in [1.165, 1.54) is 19.3 Å². The lowest BCUT2D eigenvalue weighted by molar-refractivity contribution is -0.127. The molecule has 0 unspecified atom stereocenters. The van der Waals surface area contributed by atoms with E-state index >= 15 is 0 Å². The number of hydrogen-bond donors (Lipinski definition) is 1. The van der Waals surface area contributed by atoms with Crippen molar-refractivity contribution in [2.75, 3.05) is 13.1 Å². The summed E-state index contributed by atoms with van der Waals surface area (Å²) in [4.78, 5) is 19.3. The molecule has 0 spiro atoms. The maximum atomic E-state index is 12.5. The Kier molecular flexibility index (Phi) is 5.82. The van der Waals surface area contributed by atoms with Crippen LogP contribution in [0.2, 0.25) is 0 Å². The maximum Gasteiger partial charge on any atom is 0.241 e. The van der Waals surface area contributed by atoms with Gasteiger partial charge in [0.15, 0.2) is 0 Å². The molecule has 2 heterocycles. The molecule has 0 bridgehead atoms. The minimum absolute atomic E-state index is 0.144. The topological polar surface area (TPSA) is 71.3 Å². The van der Waals surface area contributed by atoms with Crippen LogP contribution in [0.25, 0.3) is 11.4 Å². The third kappa shape index (κ3) is 4.75. The fraction of sp³-hybridized carbons (Fsp3) is 0.571. The summed E-state index contributed by atoms with van der Waals surface area (Å²) in [5, 5.41) is 7.36. The van der Waals surface area contributed by atoms with Crippen LogP contribution >= 0.6 is 0 Å². The minimum atomic E-state index is 0.144. The van der Waals surface area contributed by atoms with Gasteiger partial charge < -0.3 is 9.84 Å². The Labute approximate surface area is 160 Å². The van der Waals surface area contributed by atoms with E-state index < -0.39 is 0 Å². The Morgan fingerprint density at radius 1 is 1.07 bits per heavy atom. The van der Waals surface area contributed by atoms with Gasteiger partial charge in [0.2, 0.25) is 17.6 Å². The quantitative estimate of drug-likeness (QED) is 0.876. The number of nitrogens with one attached hydrogen (secondary N) is 1. The van der Waals surface area contributed by atoms with Gasteiger partial charge in [0.25, 0.3) is 0 Å². The molecule has 0 radical (unpaired) electrons. The fourth-order valence-corrected chi connectivity index (χ4v) is 4.13. The first-order valence-corrected chi connectivity index (χ1v) is 10.2. The molecule has 27 heavy (non-hydrogen) atoms. The van der Waals surface area contributed by atoms with Crippen molar-refractivity contribution in [3.63, 3.8) is 0 Å². The van der Waals surface area contributed by atoms with Crippen LogP contribution < -0.4 is 5.32 Å². The number of carbonyl (C=O) groups is 1. The molecule has 1 aromatic heterocycles.